The van der Waals surface area contributed by atoms with Gasteiger partial charge in [0.1, 0.15) is 6.10 Å². The van der Waals surface area contributed by atoms with Crippen LogP contribution in [0.4, 0.5) is 0 Å². The summed E-state index contributed by atoms with van der Waals surface area (Å²) in [6.45, 7) is 0. The molecule has 0 saturated carbocycles. The van der Waals surface area contributed by atoms with Crippen molar-refractivity contribution in [3.8, 4) is 0 Å². The first-order chi connectivity index (χ1) is 5.25. The summed E-state index contributed by atoms with van der Waals surface area (Å²) in [5, 5.41) is 0. The Hall–Kier alpha value is -0.760. The molecule has 0 saturated heterocycles. The van der Waals surface area contributed by atoms with E-state index in [1.807, 2.05) is 14.1 Å². The van der Waals surface area contributed by atoms with Gasteiger partial charge in [-0.2, -0.15) is 0 Å². The third kappa shape index (κ3) is 1.84. The van der Waals surface area contributed by atoms with Gasteiger partial charge in [0.05, 0.1) is 0 Å². The molecule has 1 aliphatic rings. The van der Waals surface area contributed by atoms with Crippen LogP contribution in [0.15, 0.2) is 23.9 Å². The number of rotatable bonds is 2. The summed E-state index contributed by atoms with van der Waals surface area (Å²) in [5.41, 5.74) is 1.25. The molecule has 0 fully saturated rings. The molecule has 0 aromatic heterocycles. The van der Waals surface area contributed by atoms with Crippen LogP contribution in [0.3, 0.4) is 0 Å². The molecule has 11 heavy (non-hydrogen) atoms. The van der Waals surface area contributed by atoms with E-state index in [2.05, 4.69) is 23.1 Å². The van der Waals surface area contributed by atoms with Gasteiger partial charge in [-0.15, -0.1) is 0 Å². The van der Waals surface area contributed by atoms with Crippen molar-refractivity contribution >= 4 is 0 Å². The monoisotopic (exact) mass is 153 g/mol. The predicted octanol–water partition coefficient (Wildman–Crippen LogP) is 1.41. The van der Waals surface area contributed by atoms with Crippen LogP contribution < -0.4 is 0 Å². The SMILES string of the molecule is COC1CC=CC=C1N(C)C. The van der Waals surface area contributed by atoms with Gasteiger partial charge < -0.3 is 9.64 Å². The first-order valence-electron chi connectivity index (χ1n) is 3.82. The molecule has 0 N–H and O–H groups in total. The van der Waals surface area contributed by atoms with E-state index in [1.165, 1.54) is 5.70 Å². The zero-order valence-electron chi connectivity index (χ0n) is 7.37. The molecule has 0 radical (unpaired) electrons. The molecule has 1 rings (SSSR count). The van der Waals surface area contributed by atoms with Crippen LogP contribution in [-0.4, -0.2) is 32.2 Å². The number of nitrogens with zero attached hydrogens (tertiary/aromatic N) is 1. The van der Waals surface area contributed by atoms with Crippen molar-refractivity contribution in [2.75, 3.05) is 21.2 Å². The number of hydrogen-bond acceptors (Lipinski definition) is 2. The Morgan fingerprint density at radius 1 is 1.55 bits per heavy atom. The van der Waals surface area contributed by atoms with Crippen molar-refractivity contribution in [2.45, 2.75) is 12.5 Å². The van der Waals surface area contributed by atoms with Gasteiger partial charge in [-0.1, -0.05) is 12.2 Å². The van der Waals surface area contributed by atoms with Crippen molar-refractivity contribution in [3.05, 3.63) is 23.9 Å². The molecule has 0 spiro atoms. The summed E-state index contributed by atoms with van der Waals surface area (Å²) in [5.74, 6) is 0. The summed E-state index contributed by atoms with van der Waals surface area (Å²) in [6.07, 6.45) is 7.53. The minimum absolute atomic E-state index is 0.245. The standard InChI is InChI=1S/C9H15NO/c1-10(2)8-6-4-5-7-9(8)11-3/h4-6,9H,7H2,1-3H3. The van der Waals surface area contributed by atoms with Crippen LogP contribution in [0, 0.1) is 0 Å². The van der Waals surface area contributed by atoms with Crippen molar-refractivity contribution < 1.29 is 4.74 Å². The van der Waals surface area contributed by atoms with Gasteiger partial charge >= 0.3 is 0 Å². The van der Waals surface area contributed by atoms with Gasteiger partial charge in [0.15, 0.2) is 0 Å². The summed E-state index contributed by atoms with van der Waals surface area (Å²) in [6, 6.07) is 0. The zero-order valence-corrected chi connectivity index (χ0v) is 7.37. The average molecular weight is 153 g/mol. The Morgan fingerprint density at radius 2 is 2.27 bits per heavy atom. The normalized spacial score (nSPS) is 23.2. The second-order valence-corrected chi connectivity index (χ2v) is 2.87. The fourth-order valence-electron chi connectivity index (χ4n) is 1.25. The Balaban J connectivity index is 2.70. The molecule has 2 heteroatoms. The molecule has 0 heterocycles. The van der Waals surface area contributed by atoms with Crippen LogP contribution in [0.2, 0.25) is 0 Å². The van der Waals surface area contributed by atoms with E-state index in [1.54, 1.807) is 7.11 Å². The molecule has 0 aliphatic heterocycles. The lowest BCUT2D eigenvalue weighted by atomic mass is 10.1. The maximum absolute atomic E-state index is 5.30. The predicted molar refractivity (Wildman–Crippen MR) is 46.3 cm³/mol. The highest BCUT2D eigenvalue weighted by atomic mass is 16.5. The average Bonchev–Trinajstić information content (AvgIpc) is 2.04. The van der Waals surface area contributed by atoms with Crippen LogP contribution in [-0.2, 0) is 4.74 Å². The lowest BCUT2D eigenvalue weighted by molar-refractivity contribution is 0.112. The highest BCUT2D eigenvalue weighted by Gasteiger charge is 2.15. The first kappa shape index (κ1) is 8.34. The number of likely N-dealkylation sites (N-methyl/N-ethyl adjacent to an activating group) is 1. The number of ether oxygens (including phenoxy) is 1. The third-order valence-electron chi connectivity index (χ3n) is 1.88. The van der Waals surface area contributed by atoms with Crippen LogP contribution in [0.5, 0.6) is 0 Å². The van der Waals surface area contributed by atoms with E-state index in [4.69, 9.17) is 4.74 Å². The van der Waals surface area contributed by atoms with E-state index in [0.29, 0.717) is 0 Å². The van der Waals surface area contributed by atoms with Gasteiger partial charge in [-0.05, 0) is 12.5 Å². The van der Waals surface area contributed by atoms with Crippen LogP contribution >= 0.6 is 0 Å². The van der Waals surface area contributed by atoms with Crippen LogP contribution in [0.1, 0.15) is 6.42 Å². The maximum Gasteiger partial charge on any atom is 0.100 e. The molecule has 1 unspecified atom stereocenters. The Labute approximate surface area is 68.1 Å². The lowest BCUT2D eigenvalue weighted by Crippen LogP contribution is -2.25. The fourth-order valence-corrected chi connectivity index (χ4v) is 1.25. The molecule has 0 aromatic carbocycles. The number of allylic oxidation sites excluding steroid dienone is 2. The van der Waals surface area contributed by atoms with Crippen LogP contribution in [0.25, 0.3) is 0 Å². The molecule has 2 nitrogen and oxygen atoms in total. The molecule has 0 aromatic rings. The Kier molecular flexibility index (Phi) is 2.71. The van der Waals surface area contributed by atoms with Crippen molar-refractivity contribution in [3.63, 3.8) is 0 Å². The second-order valence-electron chi connectivity index (χ2n) is 2.87. The van der Waals surface area contributed by atoms with Crippen molar-refractivity contribution in [1.82, 2.24) is 4.90 Å². The van der Waals surface area contributed by atoms with Gasteiger partial charge in [0.25, 0.3) is 0 Å². The van der Waals surface area contributed by atoms with Gasteiger partial charge in [0, 0.05) is 26.9 Å². The summed E-state index contributed by atoms with van der Waals surface area (Å²) in [7, 11) is 5.83. The molecule has 0 amide bonds. The highest BCUT2D eigenvalue weighted by Crippen LogP contribution is 2.17. The molecule has 1 atom stereocenters. The maximum atomic E-state index is 5.30. The second kappa shape index (κ2) is 3.58. The summed E-state index contributed by atoms with van der Waals surface area (Å²) in [4.78, 5) is 2.09. The molecular weight excluding hydrogens is 138 g/mol. The Bertz CT molecular complexity index is 182. The molecule has 1 aliphatic carbocycles. The zero-order chi connectivity index (χ0) is 8.27. The fraction of sp³-hybridized carbons (Fsp3) is 0.556. The minimum Gasteiger partial charge on any atom is -0.379 e. The number of methoxy groups -OCH3 is 1. The quantitative estimate of drug-likeness (QED) is 0.594. The molecular formula is C9H15NO. The summed E-state index contributed by atoms with van der Waals surface area (Å²) < 4.78 is 5.30. The third-order valence-corrected chi connectivity index (χ3v) is 1.88. The van der Waals surface area contributed by atoms with E-state index in [0.717, 1.165) is 6.42 Å². The Morgan fingerprint density at radius 3 is 2.73 bits per heavy atom. The smallest absolute Gasteiger partial charge is 0.100 e. The number of hydrogen-bond donors (Lipinski definition) is 0. The van der Waals surface area contributed by atoms with Gasteiger partial charge in [-0.25, -0.2) is 0 Å². The summed E-state index contributed by atoms with van der Waals surface area (Å²) >= 11 is 0. The van der Waals surface area contributed by atoms with Crippen molar-refractivity contribution in [1.29, 1.82) is 0 Å². The largest absolute Gasteiger partial charge is 0.379 e. The molecule has 0 bridgehead atoms. The highest BCUT2D eigenvalue weighted by molar-refractivity contribution is 5.20. The first-order valence-corrected chi connectivity index (χ1v) is 3.82. The van der Waals surface area contributed by atoms with E-state index in [9.17, 15) is 0 Å². The molecule has 62 valence electrons. The van der Waals surface area contributed by atoms with E-state index in [-0.39, 0.29) is 6.10 Å². The minimum atomic E-state index is 0.245. The lowest BCUT2D eigenvalue weighted by Gasteiger charge is -2.26. The van der Waals surface area contributed by atoms with Crippen molar-refractivity contribution in [2.24, 2.45) is 0 Å². The van der Waals surface area contributed by atoms with E-state index < -0.39 is 0 Å². The van der Waals surface area contributed by atoms with E-state index >= 15 is 0 Å². The van der Waals surface area contributed by atoms with Gasteiger partial charge in [0.2, 0.25) is 0 Å². The topological polar surface area (TPSA) is 12.5 Å². The van der Waals surface area contributed by atoms with Gasteiger partial charge in [-0.3, -0.25) is 0 Å².